The van der Waals surface area contributed by atoms with Gasteiger partial charge in [-0.05, 0) is 43.2 Å². The number of carbonyl (C=O) groups is 1. The molecule has 3 aromatic rings. The van der Waals surface area contributed by atoms with Crippen molar-refractivity contribution in [2.45, 2.75) is 32.6 Å². The summed E-state index contributed by atoms with van der Waals surface area (Å²) in [4.78, 5) is 20.3. The topological polar surface area (TPSA) is 76.2 Å². The number of aromatic nitrogens is 2. The molecule has 0 aliphatic heterocycles. The first-order valence-corrected chi connectivity index (χ1v) is 9.74. The fourth-order valence-electron chi connectivity index (χ4n) is 2.94. The van der Waals surface area contributed by atoms with Crippen LogP contribution in [0.5, 0.6) is 11.5 Å². The lowest BCUT2D eigenvalue weighted by molar-refractivity contribution is 0.0952. The van der Waals surface area contributed by atoms with E-state index in [9.17, 15) is 4.79 Å². The number of amides is 1. The summed E-state index contributed by atoms with van der Waals surface area (Å²) in [6, 6.07) is 13.2. The highest BCUT2D eigenvalue weighted by atomic mass is 16.5. The molecule has 2 N–H and O–H groups in total. The molecule has 1 heterocycles. The van der Waals surface area contributed by atoms with Crippen LogP contribution in [0, 0.1) is 0 Å². The largest absolute Gasteiger partial charge is 0.493 e. The number of aromatic amines is 1. The third kappa shape index (κ3) is 5.03. The summed E-state index contributed by atoms with van der Waals surface area (Å²) in [5.41, 5.74) is 2.56. The maximum absolute atomic E-state index is 12.4. The third-order valence-corrected chi connectivity index (χ3v) is 4.50. The van der Waals surface area contributed by atoms with Crippen LogP contribution in [0.25, 0.3) is 11.0 Å². The van der Waals surface area contributed by atoms with E-state index in [1.165, 1.54) is 0 Å². The number of hydrogen-bond donors (Lipinski definition) is 2. The highest BCUT2D eigenvalue weighted by molar-refractivity contribution is 5.94. The average molecular weight is 381 g/mol. The van der Waals surface area contributed by atoms with Crippen LogP contribution in [-0.2, 0) is 6.42 Å². The molecule has 0 aliphatic carbocycles. The average Bonchev–Trinajstić information content (AvgIpc) is 3.14. The number of unbranched alkanes of at least 4 members (excludes halogenated alkanes) is 1. The lowest BCUT2D eigenvalue weighted by atomic mass is 10.2. The van der Waals surface area contributed by atoms with Gasteiger partial charge in [0.25, 0.3) is 5.91 Å². The molecule has 0 bridgehead atoms. The SMILES string of the molecule is CCCCOc1ccc(C(=O)NCCCc2nc3ccccc3[nH]2)cc1OC. The molecule has 0 saturated carbocycles. The Labute approximate surface area is 165 Å². The molecule has 0 radical (unpaired) electrons. The molecule has 6 nitrogen and oxygen atoms in total. The molecule has 6 heteroatoms. The van der Waals surface area contributed by atoms with Gasteiger partial charge in [-0.3, -0.25) is 4.79 Å². The number of ether oxygens (including phenoxy) is 2. The summed E-state index contributed by atoms with van der Waals surface area (Å²) >= 11 is 0. The number of benzene rings is 2. The minimum atomic E-state index is -0.122. The Morgan fingerprint density at radius 1 is 1.14 bits per heavy atom. The summed E-state index contributed by atoms with van der Waals surface area (Å²) in [7, 11) is 1.58. The smallest absolute Gasteiger partial charge is 0.251 e. The van der Waals surface area contributed by atoms with Crippen molar-refractivity contribution in [1.29, 1.82) is 0 Å². The minimum Gasteiger partial charge on any atom is -0.493 e. The standard InChI is InChI=1S/C22H27N3O3/c1-3-4-14-28-19-12-11-16(15-20(19)27-2)22(26)23-13-7-10-21-24-17-8-5-6-9-18(17)25-21/h5-6,8-9,11-12,15H,3-4,7,10,13-14H2,1-2H3,(H,23,26)(H,24,25). The first-order valence-electron chi connectivity index (χ1n) is 9.74. The second-order valence-electron chi connectivity index (χ2n) is 6.63. The number of methoxy groups -OCH3 is 1. The van der Waals surface area contributed by atoms with Crippen LogP contribution in [0.2, 0.25) is 0 Å². The molecule has 1 amide bonds. The van der Waals surface area contributed by atoms with Gasteiger partial charge in [-0.2, -0.15) is 0 Å². The maximum atomic E-state index is 12.4. The van der Waals surface area contributed by atoms with E-state index >= 15 is 0 Å². The molecule has 3 rings (SSSR count). The van der Waals surface area contributed by atoms with Crippen molar-refractivity contribution in [3.8, 4) is 11.5 Å². The van der Waals surface area contributed by atoms with E-state index in [1.54, 1.807) is 25.3 Å². The molecule has 148 valence electrons. The number of fused-ring (bicyclic) bond motifs is 1. The molecular weight excluding hydrogens is 354 g/mol. The lowest BCUT2D eigenvalue weighted by Crippen LogP contribution is -2.24. The summed E-state index contributed by atoms with van der Waals surface area (Å²) < 4.78 is 11.1. The van der Waals surface area contributed by atoms with Crippen LogP contribution in [-0.4, -0.2) is 36.1 Å². The van der Waals surface area contributed by atoms with E-state index in [4.69, 9.17) is 9.47 Å². The Hall–Kier alpha value is -3.02. The summed E-state index contributed by atoms with van der Waals surface area (Å²) in [5.74, 6) is 2.05. The van der Waals surface area contributed by atoms with Gasteiger partial charge < -0.3 is 19.8 Å². The Morgan fingerprint density at radius 2 is 2.00 bits per heavy atom. The van der Waals surface area contributed by atoms with Gasteiger partial charge in [0.15, 0.2) is 11.5 Å². The number of rotatable bonds is 10. The van der Waals surface area contributed by atoms with Crippen molar-refractivity contribution in [1.82, 2.24) is 15.3 Å². The van der Waals surface area contributed by atoms with Crippen LogP contribution in [0.1, 0.15) is 42.4 Å². The lowest BCUT2D eigenvalue weighted by Gasteiger charge is -2.12. The van der Waals surface area contributed by atoms with E-state index < -0.39 is 0 Å². The number of hydrogen-bond acceptors (Lipinski definition) is 4. The number of nitrogens with one attached hydrogen (secondary N) is 2. The number of H-pyrrole nitrogens is 1. The van der Waals surface area contributed by atoms with Crippen molar-refractivity contribution < 1.29 is 14.3 Å². The second kappa shape index (κ2) is 9.78. The predicted molar refractivity (Wildman–Crippen MR) is 110 cm³/mol. The maximum Gasteiger partial charge on any atom is 0.251 e. The van der Waals surface area contributed by atoms with E-state index in [1.807, 2.05) is 24.3 Å². The highest BCUT2D eigenvalue weighted by Crippen LogP contribution is 2.28. The number of aryl methyl sites for hydroxylation is 1. The fourth-order valence-corrected chi connectivity index (χ4v) is 2.94. The van der Waals surface area contributed by atoms with Gasteiger partial charge in [0.1, 0.15) is 5.82 Å². The number of para-hydroxylation sites is 2. The summed E-state index contributed by atoms with van der Waals surface area (Å²) in [5, 5.41) is 2.95. The first kappa shape index (κ1) is 19.7. The predicted octanol–water partition coefficient (Wildman–Crippen LogP) is 4.11. The van der Waals surface area contributed by atoms with Gasteiger partial charge in [0, 0.05) is 18.5 Å². The molecule has 0 spiro atoms. The molecule has 0 unspecified atom stereocenters. The zero-order chi connectivity index (χ0) is 19.8. The fraction of sp³-hybridized carbons (Fsp3) is 0.364. The zero-order valence-corrected chi connectivity index (χ0v) is 16.5. The molecule has 2 aromatic carbocycles. The van der Waals surface area contributed by atoms with Gasteiger partial charge in [-0.15, -0.1) is 0 Å². The Bertz CT molecular complexity index is 887. The molecule has 0 fully saturated rings. The van der Waals surface area contributed by atoms with E-state index in [0.717, 1.165) is 42.5 Å². The van der Waals surface area contributed by atoms with E-state index in [2.05, 4.69) is 22.2 Å². The molecular formula is C22H27N3O3. The molecule has 0 aliphatic rings. The van der Waals surface area contributed by atoms with Crippen molar-refractivity contribution in [2.75, 3.05) is 20.3 Å². The van der Waals surface area contributed by atoms with Gasteiger partial charge in [0.2, 0.25) is 0 Å². The number of imidazole rings is 1. The summed E-state index contributed by atoms with van der Waals surface area (Å²) in [6.07, 6.45) is 3.64. The normalized spacial score (nSPS) is 10.8. The third-order valence-electron chi connectivity index (χ3n) is 4.50. The van der Waals surface area contributed by atoms with Crippen molar-refractivity contribution >= 4 is 16.9 Å². The monoisotopic (exact) mass is 381 g/mol. The first-order chi connectivity index (χ1) is 13.7. The molecule has 28 heavy (non-hydrogen) atoms. The van der Waals surface area contributed by atoms with Crippen LogP contribution in [0.4, 0.5) is 0 Å². The van der Waals surface area contributed by atoms with Gasteiger partial charge in [-0.25, -0.2) is 4.98 Å². The van der Waals surface area contributed by atoms with Gasteiger partial charge >= 0.3 is 0 Å². The second-order valence-corrected chi connectivity index (χ2v) is 6.63. The van der Waals surface area contributed by atoms with Crippen molar-refractivity contribution in [3.05, 3.63) is 53.9 Å². The van der Waals surface area contributed by atoms with Gasteiger partial charge in [-0.1, -0.05) is 25.5 Å². The number of carbonyl (C=O) groups excluding carboxylic acids is 1. The van der Waals surface area contributed by atoms with Crippen LogP contribution in [0.3, 0.4) is 0 Å². The Balaban J connectivity index is 1.49. The van der Waals surface area contributed by atoms with Crippen molar-refractivity contribution in [3.63, 3.8) is 0 Å². The summed E-state index contributed by atoms with van der Waals surface area (Å²) in [6.45, 7) is 3.33. The highest BCUT2D eigenvalue weighted by Gasteiger charge is 2.11. The van der Waals surface area contributed by atoms with Gasteiger partial charge in [0.05, 0.1) is 24.8 Å². The molecule has 1 aromatic heterocycles. The van der Waals surface area contributed by atoms with Crippen LogP contribution in [0.15, 0.2) is 42.5 Å². The van der Waals surface area contributed by atoms with E-state index in [0.29, 0.717) is 30.2 Å². The molecule has 0 atom stereocenters. The van der Waals surface area contributed by atoms with Crippen molar-refractivity contribution in [2.24, 2.45) is 0 Å². The quantitative estimate of drug-likeness (QED) is 0.518. The van der Waals surface area contributed by atoms with Crippen LogP contribution >= 0.6 is 0 Å². The Kier molecular flexibility index (Phi) is 6.89. The number of nitrogens with zero attached hydrogens (tertiary/aromatic N) is 1. The zero-order valence-electron chi connectivity index (χ0n) is 16.5. The molecule has 0 saturated heterocycles. The van der Waals surface area contributed by atoms with E-state index in [-0.39, 0.29) is 5.91 Å². The van der Waals surface area contributed by atoms with Crippen LogP contribution < -0.4 is 14.8 Å². The minimum absolute atomic E-state index is 0.122. The Morgan fingerprint density at radius 3 is 2.79 bits per heavy atom.